The van der Waals surface area contributed by atoms with Crippen LogP contribution in [0.2, 0.25) is 0 Å². The van der Waals surface area contributed by atoms with Crippen LogP contribution in [0.1, 0.15) is 24.3 Å². The minimum absolute atomic E-state index is 0.139. The van der Waals surface area contributed by atoms with Gasteiger partial charge in [0, 0.05) is 35.8 Å². The summed E-state index contributed by atoms with van der Waals surface area (Å²) in [6.07, 6.45) is 4.39. The van der Waals surface area contributed by atoms with Crippen LogP contribution >= 0.6 is 11.3 Å². The van der Waals surface area contributed by atoms with Crippen LogP contribution in [0.5, 0.6) is 0 Å². The van der Waals surface area contributed by atoms with Crippen LogP contribution in [0.15, 0.2) is 53.0 Å². The molecule has 3 aromatic rings. The molecular formula is C18H18N4O3S2. The number of hydrogen-bond donors (Lipinski definition) is 0. The highest BCUT2D eigenvalue weighted by Crippen LogP contribution is 2.25. The number of benzene rings is 1. The maximum atomic E-state index is 13.0. The number of carbonyl (C=O) groups is 1. The molecule has 27 heavy (non-hydrogen) atoms. The fourth-order valence-corrected chi connectivity index (χ4v) is 3.88. The highest BCUT2D eigenvalue weighted by molar-refractivity contribution is 7.90. The Morgan fingerprint density at radius 1 is 1.11 bits per heavy atom. The second kappa shape index (κ2) is 7.53. The van der Waals surface area contributed by atoms with Crippen LogP contribution in [0, 0.1) is 0 Å². The van der Waals surface area contributed by atoms with Crippen molar-refractivity contribution in [3.63, 3.8) is 0 Å². The van der Waals surface area contributed by atoms with E-state index in [2.05, 4.69) is 15.0 Å². The van der Waals surface area contributed by atoms with E-state index >= 15 is 0 Å². The van der Waals surface area contributed by atoms with Gasteiger partial charge < -0.3 is 4.90 Å². The van der Waals surface area contributed by atoms with Crippen LogP contribution in [0.4, 0.5) is 5.69 Å². The Morgan fingerprint density at radius 3 is 2.30 bits per heavy atom. The number of hydrogen-bond acceptors (Lipinski definition) is 7. The molecule has 0 aliphatic rings. The van der Waals surface area contributed by atoms with Crippen molar-refractivity contribution in [3.8, 4) is 10.8 Å². The van der Waals surface area contributed by atoms with Gasteiger partial charge in [-0.05, 0) is 44.2 Å². The molecule has 3 rings (SSSR count). The molecule has 2 aromatic heterocycles. The van der Waals surface area contributed by atoms with Gasteiger partial charge in [-0.2, -0.15) is 0 Å². The summed E-state index contributed by atoms with van der Waals surface area (Å²) in [5.74, 6) is 0.200. The minimum Gasteiger partial charge on any atom is -0.305 e. The Labute approximate surface area is 161 Å². The molecule has 0 bridgehead atoms. The van der Waals surface area contributed by atoms with Gasteiger partial charge in [0.25, 0.3) is 5.91 Å². The first-order valence-corrected chi connectivity index (χ1v) is 10.9. The maximum Gasteiger partial charge on any atom is 0.278 e. The lowest BCUT2D eigenvalue weighted by atomic mass is 10.2. The third kappa shape index (κ3) is 4.20. The first-order chi connectivity index (χ1) is 12.8. The average molecular weight is 403 g/mol. The van der Waals surface area contributed by atoms with E-state index in [-0.39, 0.29) is 16.8 Å². The lowest BCUT2D eigenvalue weighted by Gasteiger charge is -2.26. The van der Waals surface area contributed by atoms with Crippen molar-refractivity contribution in [2.24, 2.45) is 0 Å². The van der Waals surface area contributed by atoms with Gasteiger partial charge in [0.2, 0.25) is 0 Å². The topological polar surface area (TPSA) is 93.1 Å². The Hall–Kier alpha value is -2.65. The van der Waals surface area contributed by atoms with E-state index < -0.39 is 9.84 Å². The summed E-state index contributed by atoms with van der Waals surface area (Å²) in [6, 6.07) is 7.82. The van der Waals surface area contributed by atoms with Crippen molar-refractivity contribution >= 4 is 32.8 Å². The number of carbonyl (C=O) groups excluding carboxylic acids is 1. The van der Waals surface area contributed by atoms with Crippen LogP contribution in [0.25, 0.3) is 10.8 Å². The summed E-state index contributed by atoms with van der Waals surface area (Å²) in [4.78, 5) is 27.5. The molecule has 0 aliphatic carbocycles. The van der Waals surface area contributed by atoms with Gasteiger partial charge in [0.15, 0.2) is 20.7 Å². The lowest BCUT2D eigenvalue weighted by molar-refractivity contribution is 0.0976. The number of amides is 1. The van der Waals surface area contributed by atoms with Crippen LogP contribution < -0.4 is 4.90 Å². The summed E-state index contributed by atoms with van der Waals surface area (Å²) in [7, 11) is -3.29. The molecule has 7 nitrogen and oxygen atoms in total. The van der Waals surface area contributed by atoms with Gasteiger partial charge >= 0.3 is 0 Å². The first kappa shape index (κ1) is 19.1. The Kier molecular flexibility index (Phi) is 5.33. The lowest BCUT2D eigenvalue weighted by Crippen LogP contribution is -2.37. The Bertz CT molecular complexity index is 1050. The Balaban J connectivity index is 1.92. The van der Waals surface area contributed by atoms with Gasteiger partial charge in [-0.3, -0.25) is 4.79 Å². The first-order valence-electron chi connectivity index (χ1n) is 8.14. The fourth-order valence-electron chi connectivity index (χ4n) is 2.51. The van der Waals surface area contributed by atoms with Gasteiger partial charge in [0.1, 0.15) is 5.69 Å². The van der Waals surface area contributed by atoms with E-state index in [1.54, 1.807) is 40.9 Å². The molecule has 0 aliphatic heterocycles. The summed E-state index contributed by atoms with van der Waals surface area (Å²) in [5.41, 5.74) is 0.899. The number of anilines is 1. The molecule has 0 saturated carbocycles. The van der Waals surface area contributed by atoms with E-state index in [0.717, 1.165) is 6.26 Å². The number of sulfone groups is 1. The van der Waals surface area contributed by atoms with E-state index in [0.29, 0.717) is 22.2 Å². The van der Waals surface area contributed by atoms with E-state index in [9.17, 15) is 13.2 Å². The monoisotopic (exact) mass is 402 g/mol. The number of rotatable bonds is 5. The van der Waals surface area contributed by atoms with E-state index in [1.165, 1.54) is 23.5 Å². The molecule has 1 amide bonds. The predicted molar refractivity (Wildman–Crippen MR) is 105 cm³/mol. The zero-order valence-electron chi connectivity index (χ0n) is 15.0. The molecule has 0 saturated heterocycles. The van der Waals surface area contributed by atoms with Crippen LogP contribution in [-0.2, 0) is 9.84 Å². The summed E-state index contributed by atoms with van der Waals surface area (Å²) >= 11 is 1.30. The zero-order chi connectivity index (χ0) is 19.6. The molecular weight excluding hydrogens is 384 g/mol. The molecule has 0 fully saturated rings. The molecule has 9 heteroatoms. The largest absolute Gasteiger partial charge is 0.305 e. The number of nitrogens with zero attached hydrogens (tertiary/aromatic N) is 4. The summed E-state index contributed by atoms with van der Waals surface area (Å²) in [5, 5.41) is 2.24. The van der Waals surface area contributed by atoms with E-state index in [4.69, 9.17) is 0 Å². The van der Waals surface area contributed by atoms with Crippen LogP contribution in [0.3, 0.4) is 0 Å². The second-order valence-electron chi connectivity index (χ2n) is 6.15. The quantitative estimate of drug-likeness (QED) is 0.651. The van der Waals surface area contributed by atoms with Gasteiger partial charge in [0.05, 0.1) is 4.90 Å². The maximum absolute atomic E-state index is 13.0. The summed E-state index contributed by atoms with van der Waals surface area (Å²) in [6.45, 7) is 3.77. The second-order valence-corrected chi connectivity index (χ2v) is 9.02. The summed E-state index contributed by atoms with van der Waals surface area (Å²) < 4.78 is 23.3. The standard InChI is InChI=1S/C18H18N4O3S2/c1-12(2)22(13-5-7-14(8-6-13)27(3,24)25)18(23)15-11-26-17(21-15)16-19-9-4-10-20-16/h4-12H,1-3H3. The van der Waals surface area contributed by atoms with E-state index in [1.807, 2.05) is 13.8 Å². The van der Waals surface area contributed by atoms with Crippen molar-refractivity contribution in [2.45, 2.75) is 24.8 Å². The molecule has 0 N–H and O–H groups in total. The molecule has 0 atom stereocenters. The highest BCUT2D eigenvalue weighted by atomic mass is 32.2. The Morgan fingerprint density at radius 2 is 1.74 bits per heavy atom. The number of aromatic nitrogens is 3. The smallest absolute Gasteiger partial charge is 0.278 e. The molecule has 140 valence electrons. The molecule has 2 heterocycles. The highest BCUT2D eigenvalue weighted by Gasteiger charge is 2.24. The van der Waals surface area contributed by atoms with Crippen molar-refractivity contribution < 1.29 is 13.2 Å². The van der Waals surface area contributed by atoms with Crippen molar-refractivity contribution in [1.29, 1.82) is 0 Å². The average Bonchev–Trinajstić information content (AvgIpc) is 3.12. The minimum atomic E-state index is -3.29. The molecule has 0 spiro atoms. The third-order valence-corrected chi connectivity index (χ3v) is 5.73. The van der Waals surface area contributed by atoms with Gasteiger partial charge in [-0.1, -0.05) is 0 Å². The fraction of sp³-hybridized carbons (Fsp3) is 0.222. The molecule has 0 radical (unpaired) electrons. The van der Waals surface area contributed by atoms with Crippen molar-refractivity contribution in [2.75, 3.05) is 11.2 Å². The SMILES string of the molecule is CC(C)N(C(=O)c1csc(-c2ncccn2)n1)c1ccc(S(C)(=O)=O)cc1. The molecule has 0 unspecified atom stereocenters. The van der Waals surface area contributed by atoms with Crippen molar-refractivity contribution in [1.82, 2.24) is 15.0 Å². The molecule has 1 aromatic carbocycles. The van der Waals surface area contributed by atoms with Crippen molar-refractivity contribution in [3.05, 3.63) is 53.8 Å². The normalized spacial score (nSPS) is 11.6. The zero-order valence-corrected chi connectivity index (χ0v) is 16.7. The van der Waals surface area contributed by atoms with Gasteiger partial charge in [-0.15, -0.1) is 11.3 Å². The third-order valence-electron chi connectivity index (χ3n) is 3.76. The predicted octanol–water partition coefficient (Wildman–Crippen LogP) is 3.06. The van der Waals surface area contributed by atoms with Gasteiger partial charge in [-0.25, -0.2) is 23.4 Å². The number of thiazole rings is 1. The van der Waals surface area contributed by atoms with Crippen LogP contribution in [-0.4, -0.2) is 41.6 Å².